The van der Waals surface area contributed by atoms with Gasteiger partial charge in [-0.1, -0.05) is 12.1 Å². The van der Waals surface area contributed by atoms with E-state index in [1.54, 1.807) is 36.5 Å². The van der Waals surface area contributed by atoms with Crippen LogP contribution >= 0.6 is 0 Å². The highest BCUT2D eigenvalue weighted by molar-refractivity contribution is 5.94. The lowest BCUT2D eigenvalue weighted by molar-refractivity contribution is -0.137. The molecule has 0 atom stereocenters. The highest BCUT2D eigenvalue weighted by Gasteiger charge is 2.31. The van der Waals surface area contributed by atoms with E-state index in [9.17, 15) is 18.0 Å². The molecule has 0 aliphatic heterocycles. The summed E-state index contributed by atoms with van der Waals surface area (Å²) >= 11 is 0. The molecule has 0 bridgehead atoms. The number of halogens is 3. The van der Waals surface area contributed by atoms with Crippen LogP contribution in [0.2, 0.25) is 0 Å². The Bertz CT molecular complexity index is 1290. The average Bonchev–Trinajstić information content (AvgIpc) is 2.82. The number of benzene rings is 1. The van der Waals surface area contributed by atoms with Crippen LogP contribution in [0.25, 0.3) is 10.9 Å². The SMILES string of the molecule is NCc1ccc(CNC(=O)c2ccnc(Cc3ccc4ncc(C(F)(F)F)cc4c3)c2)cn1. The average molecular weight is 451 g/mol. The van der Waals surface area contributed by atoms with E-state index in [1.807, 2.05) is 12.1 Å². The molecular formula is C24H20F3N5O. The predicted molar refractivity (Wildman–Crippen MR) is 117 cm³/mol. The first kappa shape index (κ1) is 22.3. The number of pyridine rings is 3. The van der Waals surface area contributed by atoms with Crippen LogP contribution in [0.5, 0.6) is 0 Å². The maximum absolute atomic E-state index is 13.0. The van der Waals surface area contributed by atoms with E-state index in [-0.39, 0.29) is 5.91 Å². The number of carbonyl (C=O) groups is 1. The van der Waals surface area contributed by atoms with Gasteiger partial charge in [-0.3, -0.25) is 19.7 Å². The van der Waals surface area contributed by atoms with Crippen LogP contribution in [-0.4, -0.2) is 20.9 Å². The number of rotatable bonds is 6. The molecular weight excluding hydrogens is 431 g/mol. The quantitative estimate of drug-likeness (QED) is 0.462. The molecule has 1 aromatic carbocycles. The Hall–Kier alpha value is -3.85. The van der Waals surface area contributed by atoms with Crippen molar-refractivity contribution in [2.24, 2.45) is 5.73 Å². The molecule has 0 radical (unpaired) electrons. The lowest BCUT2D eigenvalue weighted by Gasteiger charge is -2.09. The van der Waals surface area contributed by atoms with Gasteiger partial charge in [0, 0.05) is 54.7 Å². The summed E-state index contributed by atoms with van der Waals surface area (Å²) in [5.74, 6) is -0.265. The van der Waals surface area contributed by atoms with Gasteiger partial charge in [0.25, 0.3) is 5.91 Å². The van der Waals surface area contributed by atoms with Crippen molar-refractivity contribution < 1.29 is 18.0 Å². The Balaban J connectivity index is 1.46. The van der Waals surface area contributed by atoms with Gasteiger partial charge in [-0.05, 0) is 47.5 Å². The summed E-state index contributed by atoms with van der Waals surface area (Å²) in [4.78, 5) is 24.9. The summed E-state index contributed by atoms with van der Waals surface area (Å²) < 4.78 is 39.0. The van der Waals surface area contributed by atoms with Crippen molar-refractivity contribution in [2.75, 3.05) is 0 Å². The van der Waals surface area contributed by atoms with Gasteiger partial charge >= 0.3 is 6.18 Å². The predicted octanol–water partition coefficient (Wildman–Crippen LogP) is 4.02. The van der Waals surface area contributed by atoms with Gasteiger partial charge < -0.3 is 11.1 Å². The van der Waals surface area contributed by atoms with Gasteiger partial charge in [0.2, 0.25) is 0 Å². The lowest BCUT2D eigenvalue weighted by atomic mass is 10.0. The first-order valence-corrected chi connectivity index (χ1v) is 10.1. The molecule has 0 aliphatic rings. The van der Waals surface area contributed by atoms with Crippen LogP contribution in [0.3, 0.4) is 0 Å². The number of fused-ring (bicyclic) bond motifs is 1. The summed E-state index contributed by atoms with van der Waals surface area (Å²) in [5, 5.41) is 3.23. The van der Waals surface area contributed by atoms with E-state index < -0.39 is 11.7 Å². The number of nitrogens with one attached hydrogen (secondary N) is 1. The number of carbonyl (C=O) groups excluding carboxylic acids is 1. The molecule has 0 aliphatic carbocycles. The number of nitrogens with zero attached hydrogens (tertiary/aromatic N) is 3. The molecule has 168 valence electrons. The third-order valence-electron chi connectivity index (χ3n) is 5.09. The van der Waals surface area contributed by atoms with Crippen LogP contribution in [-0.2, 0) is 25.7 Å². The maximum atomic E-state index is 13.0. The second-order valence-electron chi connectivity index (χ2n) is 7.51. The first-order valence-electron chi connectivity index (χ1n) is 10.1. The fourth-order valence-electron chi connectivity index (χ4n) is 3.34. The standard InChI is InChI=1S/C24H20F3N5O/c25-24(26,27)19-9-18-7-15(2-4-22(18)31-14-19)8-21-10-17(5-6-29-21)23(33)32-13-16-1-3-20(11-28)30-12-16/h1-7,9-10,12,14H,8,11,13,28H2,(H,32,33). The van der Waals surface area contributed by atoms with Crippen molar-refractivity contribution in [1.29, 1.82) is 0 Å². The van der Waals surface area contributed by atoms with Crippen LogP contribution < -0.4 is 11.1 Å². The fraction of sp³-hybridized carbons (Fsp3) is 0.167. The van der Waals surface area contributed by atoms with Gasteiger partial charge in [0.1, 0.15) is 0 Å². The van der Waals surface area contributed by atoms with Gasteiger partial charge in [-0.15, -0.1) is 0 Å². The second kappa shape index (κ2) is 9.33. The largest absolute Gasteiger partial charge is 0.417 e. The molecule has 3 aromatic heterocycles. The molecule has 33 heavy (non-hydrogen) atoms. The number of aromatic nitrogens is 3. The number of alkyl halides is 3. The van der Waals surface area contributed by atoms with Crippen LogP contribution in [0.1, 0.15) is 38.4 Å². The minimum absolute atomic E-state index is 0.265. The molecule has 0 unspecified atom stereocenters. The van der Waals surface area contributed by atoms with E-state index in [2.05, 4.69) is 20.3 Å². The third kappa shape index (κ3) is 5.50. The normalized spacial score (nSPS) is 11.5. The van der Waals surface area contributed by atoms with Gasteiger partial charge in [0.05, 0.1) is 16.8 Å². The zero-order chi connectivity index (χ0) is 23.4. The molecule has 3 heterocycles. The highest BCUT2D eigenvalue weighted by Crippen LogP contribution is 2.30. The topological polar surface area (TPSA) is 93.8 Å². The number of hydrogen-bond acceptors (Lipinski definition) is 5. The third-order valence-corrected chi connectivity index (χ3v) is 5.09. The van der Waals surface area contributed by atoms with Gasteiger partial charge in [-0.2, -0.15) is 13.2 Å². The summed E-state index contributed by atoms with van der Waals surface area (Å²) in [5.41, 5.74) is 8.65. The van der Waals surface area contributed by atoms with Crippen LogP contribution in [0, 0.1) is 0 Å². The van der Waals surface area contributed by atoms with Crippen LogP contribution in [0.15, 0.2) is 67.1 Å². The summed E-state index contributed by atoms with van der Waals surface area (Å²) in [6.07, 6.45) is -0.0690. The minimum Gasteiger partial charge on any atom is -0.348 e. The number of amides is 1. The van der Waals surface area contributed by atoms with E-state index >= 15 is 0 Å². The highest BCUT2D eigenvalue weighted by atomic mass is 19.4. The molecule has 4 rings (SSSR count). The fourth-order valence-corrected chi connectivity index (χ4v) is 3.34. The molecule has 0 spiro atoms. The van der Waals surface area contributed by atoms with Crippen molar-refractivity contribution in [2.45, 2.75) is 25.7 Å². The Labute approximate surface area is 187 Å². The number of nitrogens with two attached hydrogens (primary N) is 1. The van der Waals surface area contributed by atoms with E-state index in [0.717, 1.165) is 29.1 Å². The van der Waals surface area contributed by atoms with Gasteiger partial charge in [-0.25, -0.2) is 0 Å². The Morgan fingerprint density at radius 3 is 2.45 bits per heavy atom. The Kier molecular flexibility index (Phi) is 6.32. The zero-order valence-electron chi connectivity index (χ0n) is 17.4. The molecule has 6 nitrogen and oxygen atoms in total. The van der Waals surface area contributed by atoms with Crippen molar-refractivity contribution in [3.8, 4) is 0 Å². The molecule has 1 amide bonds. The number of hydrogen-bond donors (Lipinski definition) is 2. The van der Waals surface area contributed by atoms with E-state index in [1.165, 1.54) is 6.20 Å². The summed E-state index contributed by atoms with van der Waals surface area (Å²) in [6.45, 7) is 0.664. The van der Waals surface area contributed by atoms with Gasteiger partial charge in [0.15, 0.2) is 0 Å². The minimum atomic E-state index is -4.46. The monoisotopic (exact) mass is 451 g/mol. The zero-order valence-corrected chi connectivity index (χ0v) is 17.4. The lowest BCUT2D eigenvalue weighted by Crippen LogP contribution is -2.23. The second-order valence-corrected chi connectivity index (χ2v) is 7.51. The molecule has 0 saturated carbocycles. The van der Waals surface area contributed by atoms with Crippen molar-refractivity contribution in [1.82, 2.24) is 20.3 Å². The Morgan fingerprint density at radius 1 is 0.909 bits per heavy atom. The van der Waals surface area contributed by atoms with Crippen LogP contribution in [0.4, 0.5) is 13.2 Å². The van der Waals surface area contributed by atoms with E-state index in [0.29, 0.717) is 41.7 Å². The van der Waals surface area contributed by atoms with Crippen molar-refractivity contribution >= 4 is 16.8 Å². The molecule has 9 heteroatoms. The Morgan fingerprint density at radius 2 is 1.73 bits per heavy atom. The summed E-state index contributed by atoms with van der Waals surface area (Å²) in [6, 6.07) is 13.1. The van der Waals surface area contributed by atoms with Crippen molar-refractivity contribution in [3.63, 3.8) is 0 Å². The molecule has 4 aromatic rings. The molecule has 0 saturated heterocycles. The van der Waals surface area contributed by atoms with Crippen molar-refractivity contribution in [3.05, 3.63) is 101 Å². The maximum Gasteiger partial charge on any atom is 0.417 e. The smallest absolute Gasteiger partial charge is 0.348 e. The first-order chi connectivity index (χ1) is 15.8. The molecule has 3 N–H and O–H groups in total. The summed E-state index contributed by atoms with van der Waals surface area (Å²) in [7, 11) is 0. The van der Waals surface area contributed by atoms with E-state index in [4.69, 9.17) is 5.73 Å². The molecule has 0 fully saturated rings.